The van der Waals surface area contributed by atoms with E-state index in [4.69, 9.17) is 0 Å². The summed E-state index contributed by atoms with van der Waals surface area (Å²) in [5.41, 5.74) is 1.96. The minimum Gasteiger partial charge on any atom is -0.0780 e. The molecule has 2 unspecified atom stereocenters. The molecule has 0 spiro atoms. The zero-order valence-corrected chi connectivity index (χ0v) is 8.72. The van der Waals surface area contributed by atoms with Gasteiger partial charge in [-0.05, 0) is 31.1 Å². The van der Waals surface area contributed by atoms with Gasteiger partial charge in [0, 0.05) is 0 Å². The van der Waals surface area contributed by atoms with E-state index in [1.165, 1.54) is 12.8 Å². The maximum atomic E-state index is 2.37. The van der Waals surface area contributed by atoms with Crippen LogP contribution >= 0.6 is 0 Å². The summed E-state index contributed by atoms with van der Waals surface area (Å²) >= 11 is 0. The van der Waals surface area contributed by atoms with Crippen LogP contribution in [0.5, 0.6) is 0 Å². The highest BCUT2D eigenvalue weighted by molar-refractivity contribution is 5.25. The first-order chi connectivity index (χ1) is 5.64. The van der Waals surface area contributed by atoms with E-state index in [-0.39, 0.29) is 0 Å². The Morgan fingerprint density at radius 3 is 2.50 bits per heavy atom. The Balaban J connectivity index is 2.91. The molecule has 0 heterocycles. The minimum atomic E-state index is 0.410. The molecular formula is C12H20. The smallest absolute Gasteiger partial charge is 0.00807 e. The summed E-state index contributed by atoms with van der Waals surface area (Å²) in [6.45, 7) is 9.19. The summed E-state index contributed by atoms with van der Waals surface area (Å²) in [5.74, 6) is 0.757. The van der Waals surface area contributed by atoms with Crippen molar-refractivity contribution in [2.45, 2.75) is 40.5 Å². The van der Waals surface area contributed by atoms with Gasteiger partial charge in [0.05, 0.1) is 0 Å². The van der Waals surface area contributed by atoms with Crippen molar-refractivity contribution in [1.82, 2.24) is 0 Å². The molecule has 0 nitrogen and oxygen atoms in total. The van der Waals surface area contributed by atoms with Gasteiger partial charge in [0.15, 0.2) is 0 Å². The van der Waals surface area contributed by atoms with E-state index in [1.54, 1.807) is 5.57 Å². The molecule has 0 aliphatic heterocycles. The molecule has 1 aliphatic carbocycles. The standard InChI is InChI=1S/C12H20/c1-5-11-10(3)8-7-9-12(11,4)6-2/h7-9,11H,5-6H2,1-4H3. The van der Waals surface area contributed by atoms with Crippen LogP contribution in [0.25, 0.3) is 0 Å². The molecule has 2 atom stereocenters. The van der Waals surface area contributed by atoms with Gasteiger partial charge in [0.25, 0.3) is 0 Å². The molecule has 0 aromatic heterocycles. The first-order valence-corrected chi connectivity index (χ1v) is 5.00. The zero-order valence-electron chi connectivity index (χ0n) is 8.72. The first kappa shape index (κ1) is 9.57. The highest BCUT2D eigenvalue weighted by Crippen LogP contribution is 2.41. The number of hydrogen-bond acceptors (Lipinski definition) is 0. The Kier molecular flexibility index (Phi) is 2.76. The van der Waals surface area contributed by atoms with Gasteiger partial charge in [0.2, 0.25) is 0 Å². The van der Waals surface area contributed by atoms with Gasteiger partial charge in [-0.2, -0.15) is 0 Å². The largest absolute Gasteiger partial charge is 0.0780 e. The molecule has 0 saturated heterocycles. The molecule has 0 N–H and O–H groups in total. The Morgan fingerprint density at radius 1 is 1.42 bits per heavy atom. The van der Waals surface area contributed by atoms with Crippen molar-refractivity contribution < 1.29 is 0 Å². The quantitative estimate of drug-likeness (QED) is 0.580. The summed E-state index contributed by atoms with van der Waals surface area (Å²) in [5, 5.41) is 0. The summed E-state index contributed by atoms with van der Waals surface area (Å²) in [7, 11) is 0. The highest BCUT2D eigenvalue weighted by Gasteiger charge is 2.30. The van der Waals surface area contributed by atoms with Crippen molar-refractivity contribution in [2.24, 2.45) is 11.3 Å². The number of allylic oxidation sites excluding steroid dienone is 4. The molecule has 0 amide bonds. The lowest BCUT2D eigenvalue weighted by atomic mass is 9.68. The van der Waals surface area contributed by atoms with Crippen molar-refractivity contribution in [3.8, 4) is 0 Å². The molecule has 1 aliphatic rings. The molecular weight excluding hydrogens is 144 g/mol. The molecule has 0 radical (unpaired) electrons. The van der Waals surface area contributed by atoms with E-state index < -0.39 is 0 Å². The van der Waals surface area contributed by atoms with E-state index in [0.29, 0.717) is 5.41 Å². The predicted octanol–water partition coefficient (Wildman–Crippen LogP) is 3.95. The van der Waals surface area contributed by atoms with Crippen molar-refractivity contribution in [1.29, 1.82) is 0 Å². The van der Waals surface area contributed by atoms with E-state index >= 15 is 0 Å². The Labute approximate surface area is 76.4 Å². The predicted molar refractivity (Wildman–Crippen MR) is 55.1 cm³/mol. The SMILES string of the molecule is CCC1C(C)=CC=CC1(C)CC. The summed E-state index contributed by atoms with van der Waals surface area (Å²) in [6.07, 6.45) is 9.34. The molecule has 0 aromatic rings. The summed E-state index contributed by atoms with van der Waals surface area (Å²) < 4.78 is 0. The topological polar surface area (TPSA) is 0 Å². The second-order valence-electron chi connectivity index (χ2n) is 4.09. The van der Waals surface area contributed by atoms with E-state index in [9.17, 15) is 0 Å². The fourth-order valence-corrected chi connectivity index (χ4v) is 2.32. The highest BCUT2D eigenvalue weighted by atomic mass is 14.3. The van der Waals surface area contributed by atoms with Crippen LogP contribution in [0.1, 0.15) is 40.5 Å². The molecule has 0 aromatic carbocycles. The Hall–Kier alpha value is -0.520. The third-order valence-corrected chi connectivity index (χ3v) is 3.35. The van der Waals surface area contributed by atoms with Crippen LogP contribution in [0.4, 0.5) is 0 Å². The normalized spacial score (nSPS) is 35.0. The Morgan fingerprint density at radius 2 is 2.08 bits per heavy atom. The lowest BCUT2D eigenvalue weighted by Gasteiger charge is -2.36. The maximum absolute atomic E-state index is 2.37. The van der Waals surface area contributed by atoms with Gasteiger partial charge in [-0.3, -0.25) is 0 Å². The molecule has 0 saturated carbocycles. The maximum Gasteiger partial charge on any atom is -0.00807 e. The van der Waals surface area contributed by atoms with Crippen molar-refractivity contribution in [3.63, 3.8) is 0 Å². The van der Waals surface area contributed by atoms with Crippen LogP contribution in [0, 0.1) is 11.3 Å². The van der Waals surface area contributed by atoms with Gasteiger partial charge in [0.1, 0.15) is 0 Å². The van der Waals surface area contributed by atoms with Gasteiger partial charge >= 0.3 is 0 Å². The van der Waals surface area contributed by atoms with Crippen LogP contribution in [0.15, 0.2) is 23.8 Å². The van der Waals surface area contributed by atoms with Gasteiger partial charge in [-0.15, -0.1) is 0 Å². The monoisotopic (exact) mass is 164 g/mol. The molecule has 68 valence electrons. The van der Waals surface area contributed by atoms with Gasteiger partial charge < -0.3 is 0 Å². The molecule has 0 heteroatoms. The average molecular weight is 164 g/mol. The van der Waals surface area contributed by atoms with Crippen molar-refractivity contribution in [3.05, 3.63) is 23.8 Å². The summed E-state index contributed by atoms with van der Waals surface area (Å²) in [6, 6.07) is 0. The minimum absolute atomic E-state index is 0.410. The van der Waals surface area contributed by atoms with Gasteiger partial charge in [-0.1, -0.05) is 44.6 Å². The van der Waals surface area contributed by atoms with Crippen LogP contribution in [0.2, 0.25) is 0 Å². The fraction of sp³-hybridized carbons (Fsp3) is 0.667. The van der Waals surface area contributed by atoms with Crippen molar-refractivity contribution >= 4 is 0 Å². The average Bonchev–Trinajstić information content (AvgIpc) is 2.05. The molecule has 1 rings (SSSR count). The summed E-state index contributed by atoms with van der Waals surface area (Å²) in [4.78, 5) is 0. The van der Waals surface area contributed by atoms with Crippen LogP contribution in [0.3, 0.4) is 0 Å². The van der Waals surface area contributed by atoms with Crippen molar-refractivity contribution in [2.75, 3.05) is 0 Å². The van der Waals surface area contributed by atoms with E-state index in [0.717, 1.165) is 5.92 Å². The van der Waals surface area contributed by atoms with E-state index in [1.807, 2.05) is 0 Å². The lowest BCUT2D eigenvalue weighted by molar-refractivity contribution is 0.271. The second kappa shape index (κ2) is 3.47. The van der Waals surface area contributed by atoms with Crippen LogP contribution < -0.4 is 0 Å². The zero-order chi connectivity index (χ0) is 9.19. The molecule has 0 fully saturated rings. The first-order valence-electron chi connectivity index (χ1n) is 5.00. The number of rotatable bonds is 2. The van der Waals surface area contributed by atoms with Gasteiger partial charge in [-0.25, -0.2) is 0 Å². The lowest BCUT2D eigenvalue weighted by Crippen LogP contribution is -2.26. The molecule has 0 bridgehead atoms. The fourth-order valence-electron chi connectivity index (χ4n) is 2.32. The van der Waals surface area contributed by atoms with Crippen LogP contribution in [-0.2, 0) is 0 Å². The third kappa shape index (κ3) is 1.48. The third-order valence-electron chi connectivity index (χ3n) is 3.35. The van der Waals surface area contributed by atoms with E-state index in [2.05, 4.69) is 45.9 Å². The number of hydrogen-bond donors (Lipinski definition) is 0. The second-order valence-corrected chi connectivity index (χ2v) is 4.09. The molecule has 12 heavy (non-hydrogen) atoms. The van der Waals surface area contributed by atoms with Crippen LogP contribution in [-0.4, -0.2) is 0 Å². The Bertz CT molecular complexity index is 210.